The molecule has 0 amide bonds. The van der Waals surface area contributed by atoms with E-state index < -0.39 is 16.1 Å². The standard InChI is InChI=1S/C23H24N4O3S/c1-15-12-16(2)27-23(25-15)20(14-24-27)19-10-11-21(30-4)22(13-19)31(28,29)26-17(3)18-8-6-5-7-9-18/h5-14,17,26H,1-4H3. The van der Waals surface area contributed by atoms with Crippen LogP contribution in [-0.4, -0.2) is 30.1 Å². The number of hydrogen-bond acceptors (Lipinski definition) is 5. The summed E-state index contributed by atoms with van der Waals surface area (Å²) in [6, 6.07) is 16.0. The molecule has 7 nitrogen and oxygen atoms in total. The molecule has 0 saturated heterocycles. The normalized spacial score (nSPS) is 12.8. The van der Waals surface area contributed by atoms with E-state index in [1.54, 1.807) is 22.8 Å². The highest BCUT2D eigenvalue weighted by molar-refractivity contribution is 7.89. The number of aryl methyl sites for hydroxylation is 2. The van der Waals surface area contributed by atoms with Gasteiger partial charge < -0.3 is 4.74 Å². The zero-order chi connectivity index (χ0) is 22.2. The van der Waals surface area contributed by atoms with E-state index >= 15 is 0 Å². The minimum Gasteiger partial charge on any atom is -0.495 e. The lowest BCUT2D eigenvalue weighted by Gasteiger charge is -2.17. The van der Waals surface area contributed by atoms with Gasteiger partial charge in [0, 0.05) is 23.0 Å². The van der Waals surface area contributed by atoms with Gasteiger partial charge in [-0.2, -0.15) is 5.10 Å². The number of benzene rings is 2. The van der Waals surface area contributed by atoms with Crippen LogP contribution in [-0.2, 0) is 10.0 Å². The summed E-state index contributed by atoms with van der Waals surface area (Å²) in [5.41, 5.74) is 4.82. The summed E-state index contributed by atoms with van der Waals surface area (Å²) in [5.74, 6) is 0.272. The fourth-order valence-corrected chi connectivity index (χ4v) is 5.06. The second-order valence-electron chi connectivity index (χ2n) is 7.45. The molecule has 0 radical (unpaired) electrons. The van der Waals surface area contributed by atoms with Crippen LogP contribution in [0.3, 0.4) is 0 Å². The Morgan fingerprint density at radius 1 is 1.06 bits per heavy atom. The van der Waals surface area contributed by atoms with Crippen molar-refractivity contribution in [1.82, 2.24) is 19.3 Å². The smallest absolute Gasteiger partial charge is 0.244 e. The molecule has 0 aliphatic heterocycles. The third kappa shape index (κ3) is 4.04. The highest BCUT2D eigenvalue weighted by Crippen LogP contribution is 2.32. The molecule has 0 spiro atoms. The summed E-state index contributed by atoms with van der Waals surface area (Å²) in [6.07, 6.45) is 1.70. The van der Waals surface area contributed by atoms with E-state index in [-0.39, 0.29) is 10.6 Å². The molecule has 8 heteroatoms. The Labute approximate surface area is 181 Å². The predicted octanol–water partition coefficient (Wildman–Crippen LogP) is 4.06. The van der Waals surface area contributed by atoms with Gasteiger partial charge in [-0.15, -0.1) is 0 Å². The van der Waals surface area contributed by atoms with Crippen molar-refractivity contribution < 1.29 is 13.2 Å². The van der Waals surface area contributed by atoms with Crippen LogP contribution in [0.25, 0.3) is 16.8 Å². The van der Waals surface area contributed by atoms with Gasteiger partial charge in [-0.25, -0.2) is 22.6 Å². The van der Waals surface area contributed by atoms with E-state index in [1.165, 1.54) is 7.11 Å². The molecule has 1 unspecified atom stereocenters. The first kappa shape index (κ1) is 21.0. The fraction of sp³-hybridized carbons (Fsp3) is 0.217. The Hall–Kier alpha value is -3.23. The third-order valence-electron chi connectivity index (χ3n) is 5.17. The molecule has 0 aliphatic rings. The minimum absolute atomic E-state index is 0.0685. The number of nitrogens with one attached hydrogen (secondary N) is 1. The molecule has 4 rings (SSSR count). The molecule has 0 fully saturated rings. The van der Waals surface area contributed by atoms with Gasteiger partial charge >= 0.3 is 0 Å². The molecule has 4 aromatic rings. The maximum atomic E-state index is 13.3. The van der Waals surface area contributed by atoms with Crippen molar-refractivity contribution in [1.29, 1.82) is 0 Å². The van der Waals surface area contributed by atoms with Crippen molar-refractivity contribution in [3.05, 3.63) is 77.7 Å². The lowest BCUT2D eigenvalue weighted by Crippen LogP contribution is -2.27. The molecule has 2 heterocycles. The van der Waals surface area contributed by atoms with Gasteiger partial charge in [0.2, 0.25) is 10.0 Å². The van der Waals surface area contributed by atoms with E-state index in [4.69, 9.17) is 4.74 Å². The minimum atomic E-state index is -3.86. The number of nitrogens with zero attached hydrogens (tertiary/aromatic N) is 3. The lowest BCUT2D eigenvalue weighted by atomic mass is 10.1. The summed E-state index contributed by atoms with van der Waals surface area (Å²) < 4.78 is 36.4. The second-order valence-corrected chi connectivity index (χ2v) is 9.13. The Balaban J connectivity index is 1.78. The Bertz CT molecular complexity index is 1350. The second kappa shape index (κ2) is 8.13. The molecule has 2 aromatic heterocycles. The first-order chi connectivity index (χ1) is 14.8. The highest BCUT2D eigenvalue weighted by Gasteiger charge is 2.24. The number of aromatic nitrogens is 3. The Kier molecular flexibility index (Phi) is 5.51. The van der Waals surface area contributed by atoms with Gasteiger partial charge in [0.15, 0.2) is 5.65 Å². The molecular formula is C23H24N4O3S. The summed E-state index contributed by atoms with van der Waals surface area (Å²) in [6.45, 7) is 5.68. The van der Waals surface area contributed by atoms with E-state index in [2.05, 4.69) is 14.8 Å². The van der Waals surface area contributed by atoms with Gasteiger partial charge in [0.05, 0.1) is 13.3 Å². The topological polar surface area (TPSA) is 85.6 Å². The average Bonchev–Trinajstić information content (AvgIpc) is 3.17. The number of rotatable bonds is 6. The number of hydrogen-bond donors (Lipinski definition) is 1. The van der Waals surface area contributed by atoms with Gasteiger partial charge in [-0.3, -0.25) is 0 Å². The number of fused-ring (bicyclic) bond motifs is 1. The van der Waals surface area contributed by atoms with Crippen LogP contribution in [0.4, 0.5) is 0 Å². The van der Waals surface area contributed by atoms with Crippen LogP contribution in [0.15, 0.2) is 65.7 Å². The van der Waals surface area contributed by atoms with Crippen molar-refractivity contribution in [2.45, 2.75) is 31.7 Å². The van der Waals surface area contributed by atoms with Crippen LogP contribution >= 0.6 is 0 Å². The summed E-state index contributed by atoms with van der Waals surface area (Å²) >= 11 is 0. The van der Waals surface area contributed by atoms with Crippen LogP contribution < -0.4 is 9.46 Å². The SMILES string of the molecule is COc1ccc(-c2cnn3c(C)cc(C)nc23)cc1S(=O)(=O)NC(C)c1ccccc1. The van der Waals surface area contributed by atoms with Crippen molar-refractivity contribution in [3.63, 3.8) is 0 Å². The van der Waals surface area contributed by atoms with Crippen LogP contribution in [0.2, 0.25) is 0 Å². The van der Waals surface area contributed by atoms with Crippen LogP contribution in [0, 0.1) is 13.8 Å². The average molecular weight is 437 g/mol. The molecule has 0 aliphatic carbocycles. The van der Waals surface area contributed by atoms with Crippen molar-refractivity contribution in [2.75, 3.05) is 7.11 Å². The third-order valence-corrected chi connectivity index (χ3v) is 6.74. The van der Waals surface area contributed by atoms with E-state index in [0.29, 0.717) is 11.2 Å². The Morgan fingerprint density at radius 2 is 1.81 bits per heavy atom. The molecule has 0 saturated carbocycles. The van der Waals surface area contributed by atoms with E-state index in [0.717, 1.165) is 22.5 Å². The number of ether oxygens (including phenoxy) is 1. The first-order valence-corrected chi connectivity index (χ1v) is 11.4. The molecule has 2 aromatic carbocycles. The largest absolute Gasteiger partial charge is 0.495 e. The zero-order valence-electron chi connectivity index (χ0n) is 17.8. The number of methoxy groups -OCH3 is 1. The van der Waals surface area contributed by atoms with E-state index in [9.17, 15) is 8.42 Å². The van der Waals surface area contributed by atoms with Crippen LogP contribution in [0.1, 0.15) is 29.9 Å². The van der Waals surface area contributed by atoms with Crippen molar-refractivity contribution in [2.24, 2.45) is 0 Å². The van der Waals surface area contributed by atoms with Crippen LogP contribution in [0.5, 0.6) is 5.75 Å². The molecular weight excluding hydrogens is 412 g/mol. The number of sulfonamides is 1. The zero-order valence-corrected chi connectivity index (χ0v) is 18.6. The summed E-state index contributed by atoms with van der Waals surface area (Å²) in [4.78, 5) is 4.67. The maximum absolute atomic E-state index is 13.3. The van der Waals surface area contributed by atoms with Crippen molar-refractivity contribution >= 4 is 15.7 Å². The quantitative estimate of drug-likeness (QED) is 0.493. The Morgan fingerprint density at radius 3 is 2.52 bits per heavy atom. The highest BCUT2D eigenvalue weighted by atomic mass is 32.2. The molecule has 160 valence electrons. The molecule has 1 atom stereocenters. The fourth-order valence-electron chi connectivity index (χ4n) is 3.63. The van der Waals surface area contributed by atoms with Gasteiger partial charge in [-0.05, 0) is 50.1 Å². The maximum Gasteiger partial charge on any atom is 0.244 e. The molecule has 31 heavy (non-hydrogen) atoms. The molecule has 1 N–H and O–H groups in total. The first-order valence-electron chi connectivity index (χ1n) is 9.88. The van der Waals surface area contributed by atoms with E-state index in [1.807, 2.05) is 63.2 Å². The summed E-state index contributed by atoms with van der Waals surface area (Å²) in [5, 5.41) is 4.42. The predicted molar refractivity (Wildman–Crippen MR) is 120 cm³/mol. The van der Waals surface area contributed by atoms with Gasteiger partial charge in [0.1, 0.15) is 10.6 Å². The monoisotopic (exact) mass is 436 g/mol. The molecule has 0 bridgehead atoms. The van der Waals surface area contributed by atoms with Crippen molar-refractivity contribution in [3.8, 4) is 16.9 Å². The van der Waals surface area contributed by atoms with Gasteiger partial charge in [0.25, 0.3) is 0 Å². The summed E-state index contributed by atoms with van der Waals surface area (Å²) in [7, 11) is -2.40. The lowest BCUT2D eigenvalue weighted by molar-refractivity contribution is 0.402. The van der Waals surface area contributed by atoms with Gasteiger partial charge in [-0.1, -0.05) is 36.4 Å².